The van der Waals surface area contributed by atoms with Crippen molar-refractivity contribution in [1.29, 1.82) is 0 Å². The SMILES string of the molecule is CC(C)[C@H](NC(=O)[C@H](CCCN=C(N)N)NC(=O)[C@H](CO)NC(=O)[C@H](Cc1ccc(O)cc1)NC(=O)[C@@H](NC(=O)[C@H](Cc1ccc(O)cc1)NC(=O)[C@@H](NC(=O)[C@@H](N)[C@@H](C)O)C(C)C)C(C)C)C(=O)N[C@H](C=O)CCCCN. The van der Waals surface area contributed by atoms with Gasteiger partial charge in [0.2, 0.25) is 47.3 Å². The van der Waals surface area contributed by atoms with Crippen molar-refractivity contribution >= 4 is 59.5 Å². The number of amides is 8. The molecule has 0 saturated heterocycles. The number of hydrogen-bond acceptors (Lipinski definition) is 16. The van der Waals surface area contributed by atoms with Crippen LogP contribution in [0.4, 0.5) is 0 Å². The maximum atomic E-state index is 14.4. The van der Waals surface area contributed by atoms with Gasteiger partial charge in [-0.2, -0.15) is 0 Å². The minimum atomic E-state index is -1.75. The van der Waals surface area contributed by atoms with Crippen molar-refractivity contribution < 1.29 is 63.6 Å². The van der Waals surface area contributed by atoms with Crippen LogP contribution in [0, 0.1) is 17.8 Å². The molecular formula is C52H83N13O13. The van der Waals surface area contributed by atoms with E-state index in [1.165, 1.54) is 55.5 Å². The van der Waals surface area contributed by atoms with E-state index in [9.17, 15) is 63.6 Å². The monoisotopic (exact) mass is 1100 g/mol. The molecule has 26 nitrogen and oxygen atoms in total. The van der Waals surface area contributed by atoms with Gasteiger partial charge in [0.25, 0.3) is 0 Å². The Kier molecular flexibility index (Phi) is 28.8. The molecule has 0 aliphatic heterocycles. The van der Waals surface area contributed by atoms with E-state index in [1.54, 1.807) is 41.5 Å². The number of unbranched alkanes of at least 4 members (excludes halogenated alkanes) is 1. The Hall–Kier alpha value is -7.42. The Bertz CT molecular complexity index is 2310. The van der Waals surface area contributed by atoms with Gasteiger partial charge in [-0.05, 0) is 98.7 Å². The standard InChI is InChI=1S/C52H83N13O13/c1-27(2)41(49(76)58-33(25-66)11-8-9-21-53)63-44(71)36(12-10-22-57-52(55)56)59-47(74)39(26-67)62-45(72)37(23-31-13-17-34(69)18-14-31)60-50(77)42(28(3)4)64-46(73)38(24-32-15-19-35(70)20-16-32)61-51(78)43(29(5)6)65-48(75)40(54)30(7)68/h13-20,25,27-30,33,36-43,67-70H,8-12,21-24,26,53-54H2,1-7H3,(H,58,76)(H,59,74)(H,60,77)(H,61,78)(H,62,72)(H,63,71)(H,64,73)(H,65,75)(H4,55,56,57)/t30-,33+,36+,37+,38+,39+,40+,41+,42+,43+/m1/s1. The van der Waals surface area contributed by atoms with Crippen LogP contribution in [0.5, 0.6) is 11.5 Å². The average Bonchev–Trinajstić information content (AvgIpc) is 3.38. The lowest BCUT2D eigenvalue weighted by Gasteiger charge is -2.30. The number of nitrogens with two attached hydrogens (primary N) is 4. The zero-order chi connectivity index (χ0) is 58.8. The van der Waals surface area contributed by atoms with Crippen LogP contribution in [0.3, 0.4) is 0 Å². The Morgan fingerprint density at radius 3 is 1.31 bits per heavy atom. The van der Waals surface area contributed by atoms with Crippen molar-refractivity contribution in [3.8, 4) is 11.5 Å². The molecule has 8 amide bonds. The van der Waals surface area contributed by atoms with E-state index in [-0.39, 0.29) is 49.7 Å². The zero-order valence-electron chi connectivity index (χ0n) is 45.5. The molecule has 0 aliphatic rings. The molecule has 2 aromatic carbocycles. The fourth-order valence-electron chi connectivity index (χ4n) is 7.72. The van der Waals surface area contributed by atoms with Crippen LogP contribution < -0.4 is 65.5 Å². The predicted octanol–water partition coefficient (Wildman–Crippen LogP) is -3.19. The van der Waals surface area contributed by atoms with Gasteiger partial charge in [0.05, 0.1) is 18.8 Å². The van der Waals surface area contributed by atoms with Gasteiger partial charge in [-0.25, -0.2) is 0 Å². The van der Waals surface area contributed by atoms with Gasteiger partial charge < -0.3 is 90.7 Å². The number of nitrogens with zero attached hydrogens (tertiary/aromatic N) is 1. The van der Waals surface area contributed by atoms with Crippen LogP contribution in [0.15, 0.2) is 53.5 Å². The Morgan fingerprint density at radius 1 is 0.526 bits per heavy atom. The Morgan fingerprint density at radius 2 is 0.910 bits per heavy atom. The largest absolute Gasteiger partial charge is 0.508 e. The predicted molar refractivity (Wildman–Crippen MR) is 289 cm³/mol. The molecule has 0 heterocycles. The molecule has 0 saturated carbocycles. The number of carbonyl (C=O) groups is 9. The van der Waals surface area contributed by atoms with Crippen LogP contribution in [0.2, 0.25) is 0 Å². The quantitative estimate of drug-likeness (QED) is 0.0142. The molecule has 0 radical (unpaired) electrons. The maximum Gasteiger partial charge on any atom is 0.245 e. The van der Waals surface area contributed by atoms with Crippen molar-refractivity contribution in [2.45, 2.75) is 154 Å². The Labute approximate surface area is 454 Å². The summed E-state index contributed by atoms with van der Waals surface area (Å²) in [6.07, 6.45) is 0.438. The fraction of sp³-hybridized carbons (Fsp3) is 0.577. The van der Waals surface area contributed by atoms with Crippen LogP contribution in [0.25, 0.3) is 0 Å². The topological polar surface area (TPSA) is 447 Å². The van der Waals surface area contributed by atoms with Crippen LogP contribution in [-0.4, -0.2) is 160 Å². The van der Waals surface area contributed by atoms with E-state index in [1.807, 2.05) is 0 Å². The number of aliphatic hydroxyl groups excluding tert-OH is 2. The second-order valence-electron chi connectivity index (χ2n) is 20.1. The van der Waals surface area contributed by atoms with Crippen LogP contribution in [0.1, 0.15) is 91.7 Å². The number of rotatable bonds is 34. The minimum absolute atomic E-state index is 0.0314. The molecule has 0 unspecified atom stereocenters. The second-order valence-corrected chi connectivity index (χ2v) is 20.1. The number of carbonyl (C=O) groups excluding carboxylic acids is 9. The van der Waals surface area contributed by atoms with E-state index >= 15 is 0 Å². The van der Waals surface area contributed by atoms with Gasteiger partial charge in [0.1, 0.15) is 66.1 Å². The summed E-state index contributed by atoms with van der Waals surface area (Å²) in [7, 11) is 0. The van der Waals surface area contributed by atoms with Gasteiger partial charge in [-0.1, -0.05) is 65.8 Å². The molecule has 2 aromatic rings. The first kappa shape index (κ1) is 66.7. The third-order valence-electron chi connectivity index (χ3n) is 12.4. The van der Waals surface area contributed by atoms with Gasteiger partial charge >= 0.3 is 0 Å². The number of guanidine groups is 1. The first-order valence-electron chi connectivity index (χ1n) is 26.0. The molecule has 20 N–H and O–H groups in total. The zero-order valence-corrected chi connectivity index (χ0v) is 45.5. The molecule has 26 heteroatoms. The second kappa shape index (κ2) is 33.7. The van der Waals surface area contributed by atoms with E-state index in [4.69, 9.17) is 22.9 Å². The summed E-state index contributed by atoms with van der Waals surface area (Å²) in [6, 6.07) is -0.748. The van der Waals surface area contributed by atoms with Gasteiger partial charge in [0, 0.05) is 19.4 Å². The number of aliphatic hydroxyl groups is 2. The highest BCUT2D eigenvalue weighted by Crippen LogP contribution is 2.16. The van der Waals surface area contributed by atoms with E-state index in [0.717, 1.165) is 0 Å². The normalized spacial score (nSPS) is 15.1. The number of aldehydes is 1. The van der Waals surface area contributed by atoms with Crippen LogP contribution in [-0.2, 0) is 56.0 Å². The highest BCUT2D eigenvalue weighted by molar-refractivity contribution is 5.98. The summed E-state index contributed by atoms with van der Waals surface area (Å²) < 4.78 is 0. The number of aliphatic imine (C=N–C) groups is 1. The first-order valence-corrected chi connectivity index (χ1v) is 26.0. The van der Waals surface area contributed by atoms with Gasteiger partial charge in [-0.15, -0.1) is 0 Å². The van der Waals surface area contributed by atoms with Crippen LogP contribution >= 0.6 is 0 Å². The highest BCUT2D eigenvalue weighted by Gasteiger charge is 2.37. The highest BCUT2D eigenvalue weighted by atomic mass is 16.3. The molecule has 434 valence electrons. The maximum absolute atomic E-state index is 14.4. The lowest BCUT2D eigenvalue weighted by molar-refractivity contribution is -0.137. The lowest BCUT2D eigenvalue weighted by Crippen LogP contribution is -2.62. The fourth-order valence-corrected chi connectivity index (χ4v) is 7.72. The third kappa shape index (κ3) is 23.0. The molecular weight excluding hydrogens is 1010 g/mol. The summed E-state index contributed by atoms with van der Waals surface area (Å²) >= 11 is 0. The number of phenolic OH excluding ortho intramolecular Hbond substituents is 2. The summed E-state index contributed by atoms with van der Waals surface area (Å²) in [5.41, 5.74) is 23.2. The summed E-state index contributed by atoms with van der Waals surface area (Å²) in [6.45, 7) is 10.5. The summed E-state index contributed by atoms with van der Waals surface area (Å²) in [5, 5.41) is 61.0. The Balaban J connectivity index is 2.48. The number of nitrogens with one attached hydrogen (secondary N) is 8. The first-order chi connectivity index (χ1) is 36.7. The van der Waals surface area contributed by atoms with Crippen molar-refractivity contribution in [3.05, 3.63) is 59.7 Å². The van der Waals surface area contributed by atoms with Gasteiger partial charge in [-0.3, -0.25) is 43.3 Å². The lowest BCUT2D eigenvalue weighted by atomic mass is 9.98. The van der Waals surface area contributed by atoms with Crippen molar-refractivity contribution in [2.24, 2.45) is 45.7 Å². The summed E-state index contributed by atoms with van der Waals surface area (Å²) in [4.78, 5) is 127. The third-order valence-corrected chi connectivity index (χ3v) is 12.4. The van der Waals surface area contributed by atoms with Gasteiger partial charge in [0.15, 0.2) is 5.96 Å². The molecule has 0 fully saturated rings. The smallest absolute Gasteiger partial charge is 0.245 e. The number of aromatic hydroxyl groups is 2. The number of hydrogen-bond donors (Lipinski definition) is 16. The van der Waals surface area contributed by atoms with E-state index in [0.29, 0.717) is 43.2 Å². The molecule has 10 atom stereocenters. The molecule has 2 rings (SSSR count). The average molecular weight is 1100 g/mol. The van der Waals surface area contributed by atoms with E-state index < -0.39 is 132 Å². The molecule has 0 aromatic heterocycles. The minimum Gasteiger partial charge on any atom is -0.508 e. The molecule has 78 heavy (non-hydrogen) atoms. The van der Waals surface area contributed by atoms with Crippen molar-refractivity contribution in [2.75, 3.05) is 19.7 Å². The van der Waals surface area contributed by atoms with E-state index in [2.05, 4.69) is 47.5 Å². The molecule has 0 bridgehead atoms. The number of benzene rings is 2. The van der Waals surface area contributed by atoms with Crippen molar-refractivity contribution in [1.82, 2.24) is 42.5 Å². The molecule has 0 spiro atoms. The molecule has 0 aliphatic carbocycles. The number of phenols is 2. The van der Waals surface area contributed by atoms with Crippen molar-refractivity contribution in [3.63, 3.8) is 0 Å². The summed E-state index contributed by atoms with van der Waals surface area (Å²) in [5.74, 6) is -9.06.